The molecule has 0 saturated carbocycles. The van der Waals surface area contributed by atoms with Crippen LogP contribution in [-0.4, -0.2) is 45.4 Å². The molecule has 1 fully saturated rings. The maximum Gasteiger partial charge on any atom is 0.251 e. The molecule has 1 saturated heterocycles. The van der Waals surface area contributed by atoms with Gasteiger partial charge in [0.05, 0.1) is 11.0 Å². The first-order valence-corrected chi connectivity index (χ1v) is 12.6. The fourth-order valence-corrected chi connectivity index (χ4v) is 4.86. The van der Waals surface area contributed by atoms with Crippen LogP contribution >= 0.6 is 0 Å². The number of amides is 2. The van der Waals surface area contributed by atoms with Crippen molar-refractivity contribution >= 4 is 22.8 Å². The minimum Gasteiger partial charge on any atom is -0.352 e. The van der Waals surface area contributed by atoms with Crippen LogP contribution in [0.25, 0.3) is 11.0 Å². The fourth-order valence-electron chi connectivity index (χ4n) is 4.86. The average Bonchev–Trinajstić information content (AvgIpc) is 3.18. The van der Waals surface area contributed by atoms with Gasteiger partial charge in [-0.15, -0.1) is 0 Å². The lowest BCUT2D eigenvalue weighted by Crippen LogP contribution is -2.43. The quantitative estimate of drug-likeness (QED) is 0.463. The second kappa shape index (κ2) is 11.3. The highest BCUT2D eigenvalue weighted by Gasteiger charge is 2.24. The van der Waals surface area contributed by atoms with Gasteiger partial charge in [0.1, 0.15) is 12.4 Å². The summed E-state index contributed by atoms with van der Waals surface area (Å²) in [5.74, 6) is 1.15. The number of carbonyl (C=O) groups is 2. The number of piperidine rings is 1. The second-order valence-electron chi connectivity index (χ2n) is 9.47. The van der Waals surface area contributed by atoms with Crippen molar-refractivity contribution in [1.82, 2.24) is 19.8 Å². The zero-order valence-electron chi connectivity index (χ0n) is 20.4. The second-order valence-corrected chi connectivity index (χ2v) is 9.47. The lowest BCUT2D eigenvalue weighted by Gasteiger charge is -2.33. The van der Waals surface area contributed by atoms with Crippen LogP contribution < -0.4 is 5.32 Å². The van der Waals surface area contributed by atoms with E-state index in [-0.39, 0.29) is 11.8 Å². The van der Waals surface area contributed by atoms with E-state index in [1.54, 1.807) is 0 Å². The molecule has 0 radical (unpaired) electrons. The SMILES string of the molecule is Cc1cccc(C(=O)NCCCCCc2nc3ccccc3n2CC(=O)N2CCCCC2C)c1. The fraction of sp³-hybridized carbons (Fsp3) is 0.464. The van der Waals surface area contributed by atoms with E-state index in [4.69, 9.17) is 4.98 Å². The first kappa shape index (κ1) is 24.0. The molecule has 2 amide bonds. The van der Waals surface area contributed by atoms with Gasteiger partial charge in [0.2, 0.25) is 5.91 Å². The molecule has 2 aromatic carbocycles. The summed E-state index contributed by atoms with van der Waals surface area (Å²) in [6.45, 7) is 6.02. The third-order valence-electron chi connectivity index (χ3n) is 6.79. The summed E-state index contributed by atoms with van der Waals surface area (Å²) in [5, 5.41) is 3.01. The number of hydrogen-bond acceptors (Lipinski definition) is 3. The molecule has 6 heteroatoms. The van der Waals surface area contributed by atoms with Gasteiger partial charge in [-0.05, 0) is 70.2 Å². The van der Waals surface area contributed by atoms with E-state index in [1.807, 2.05) is 54.3 Å². The summed E-state index contributed by atoms with van der Waals surface area (Å²) in [6.07, 6.45) is 7.09. The maximum absolute atomic E-state index is 13.1. The van der Waals surface area contributed by atoms with E-state index >= 15 is 0 Å². The molecule has 4 rings (SSSR count). The molecule has 1 unspecified atom stereocenters. The van der Waals surface area contributed by atoms with Crippen LogP contribution in [0.1, 0.15) is 67.2 Å². The topological polar surface area (TPSA) is 67.2 Å². The number of nitrogens with one attached hydrogen (secondary N) is 1. The zero-order chi connectivity index (χ0) is 23.9. The van der Waals surface area contributed by atoms with E-state index < -0.39 is 0 Å². The van der Waals surface area contributed by atoms with Gasteiger partial charge in [-0.3, -0.25) is 9.59 Å². The van der Waals surface area contributed by atoms with Crippen molar-refractivity contribution in [2.75, 3.05) is 13.1 Å². The Bertz CT molecular complexity index is 1140. The van der Waals surface area contributed by atoms with Crippen molar-refractivity contribution in [3.05, 3.63) is 65.5 Å². The summed E-state index contributed by atoms with van der Waals surface area (Å²) in [6, 6.07) is 16.0. The van der Waals surface area contributed by atoms with Gasteiger partial charge in [-0.2, -0.15) is 0 Å². The molecule has 1 atom stereocenters. The molecule has 1 aliphatic heterocycles. The minimum absolute atomic E-state index is 0.0176. The Balaban J connectivity index is 1.31. The van der Waals surface area contributed by atoms with Crippen LogP contribution in [0.2, 0.25) is 0 Å². The molecular formula is C28H36N4O2. The molecule has 6 nitrogen and oxygen atoms in total. The molecule has 1 aromatic heterocycles. The maximum atomic E-state index is 13.1. The zero-order valence-corrected chi connectivity index (χ0v) is 20.4. The van der Waals surface area contributed by atoms with Gasteiger partial charge in [0, 0.05) is 31.1 Å². The standard InChI is InChI=1S/C28H36N4O2/c1-21-11-10-13-23(19-21)28(34)29-17-8-3-4-16-26-30-24-14-5-6-15-25(24)32(26)20-27(33)31-18-9-7-12-22(31)2/h5-6,10-11,13-15,19,22H,3-4,7-9,12,16-18,20H2,1-2H3,(H,29,34). The first-order chi connectivity index (χ1) is 16.5. The number of hydrogen-bond donors (Lipinski definition) is 1. The molecule has 180 valence electrons. The summed E-state index contributed by atoms with van der Waals surface area (Å²) < 4.78 is 2.11. The highest BCUT2D eigenvalue weighted by molar-refractivity contribution is 5.94. The van der Waals surface area contributed by atoms with Crippen molar-refractivity contribution in [2.45, 2.75) is 71.4 Å². The molecule has 0 aliphatic carbocycles. The van der Waals surface area contributed by atoms with Gasteiger partial charge in [0.25, 0.3) is 5.91 Å². The monoisotopic (exact) mass is 460 g/mol. The number of nitrogens with zero attached hydrogens (tertiary/aromatic N) is 3. The number of aromatic nitrogens is 2. The smallest absolute Gasteiger partial charge is 0.251 e. The van der Waals surface area contributed by atoms with E-state index in [2.05, 4.69) is 22.9 Å². The summed E-state index contributed by atoms with van der Waals surface area (Å²) in [5.41, 5.74) is 3.77. The number of benzene rings is 2. The molecule has 2 heterocycles. The molecule has 1 N–H and O–H groups in total. The van der Waals surface area contributed by atoms with Crippen LogP contribution in [0.3, 0.4) is 0 Å². The number of carbonyl (C=O) groups excluding carboxylic acids is 2. The van der Waals surface area contributed by atoms with E-state index in [9.17, 15) is 9.59 Å². The largest absolute Gasteiger partial charge is 0.352 e. The van der Waals surface area contributed by atoms with Crippen LogP contribution in [0.15, 0.2) is 48.5 Å². The Morgan fingerprint density at radius 3 is 2.74 bits per heavy atom. The summed E-state index contributed by atoms with van der Waals surface area (Å²) >= 11 is 0. The Hall–Kier alpha value is -3.15. The Morgan fingerprint density at radius 1 is 1.06 bits per heavy atom. The van der Waals surface area contributed by atoms with E-state index in [0.29, 0.717) is 24.7 Å². The Kier molecular flexibility index (Phi) is 7.99. The highest BCUT2D eigenvalue weighted by atomic mass is 16.2. The van der Waals surface area contributed by atoms with E-state index in [0.717, 1.165) is 67.5 Å². The normalized spacial score (nSPS) is 16.1. The number of imidazole rings is 1. The average molecular weight is 461 g/mol. The van der Waals surface area contributed by atoms with Crippen LogP contribution in [0.5, 0.6) is 0 Å². The third kappa shape index (κ3) is 5.85. The molecule has 3 aromatic rings. The van der Waals surface area contributed by atoms with Gasteiger partial charge in [-0.25, -0.2) is 4.98 Å². The molecular weight excluding hydrogens is 424 g/mol. The summed E-state index contributed by atoms with van der Waals surface area (Å²) in [7, 11) is 0. The number of fused-ring (bicyclic) bond motifs is 1. The van der Waals surface area contributed by atoms with Crippen LogP contribution in [0.4, 0.5) is 0 Å². The predicted octanol–water partition coefficient (Wildman–Crippen LogP) is 4.89. The van der Waals surface area contributed by atoms with Crippen molar-refractivity contribution in [3.63, 3.8) is 0 Å². The number of para-hydroxylation sites is 2. The van der Waals surface area contributed by atoms with Gasteiger partial charge >= 0.3 is 0 Å². The number of aryl methyl sites for hydroxylation is 2. The lowest BCUT2D eigenvalue weighted by molar-refractivity contribution is -0.135. The lowest BCUT2D eigenvalue weighted by atomic mass is 10.0. The van der Waals surface area contributed by atoms with Crippen molar-refractivity contribution in [2.24, 2.45) is 0 Å². The van der Waals surface area contributed by atoms with Crippen molar-refractivity contribution in [3.8, 4) is 0 Å². The first-order valence-electron chi connectivity index (χ1n) is 12.6. The third-order valence-corrected chi connectivity index (χ3v) is 6.79. The van der Waals surface area contributed by atoms with E-state index in [1.165, 1.54) is 6.42 Å². The number of unbranched alkanes of at least 4 members (excludes halogenated alkanes) is 2. The van der Waals surface area contributed by atoms with Crippen LogP contribution in [-0.2, 0) is 17.8 Å². The summed E-state index contributed by atoms with van der Waals surface area (Å²) in [4.78, 5) is 32.3. The molecule has 1 aliphatic rings. The predicted molar refractivity (Wildman–Crippen MR) is 136 cm³/mol. The molecule has 0 bridgehead atoms. The minimum atomic E-state index is -0.0176. The number of likely N-dealkylation sites (tertiary alicyclic amines) is 1. The number of rotatable bonds is 9. The van der Waals surface area contributed by atoms with Gasteiger partial charge < -0.3 is 14.8 Å². The van der Waals surface area contributed by atoms with Gasteiger partial charge in [0.15, 0.2) is 0 Å². The Labute approximate surface area is 202 Å². The van der Waals surface area contributed by atoms with Crippen molar-refractivity contribution < 1.29 is 9.59 Å². The van der Waals surface area contributed by atoms with Crippen molar-refractivity contribution in [1.29, 1.82) is 0 Å². The Morgan fingerprint density at radius 2 is 1.91 bits per heavy atom. The molecule has 0 spiro atoms. The highest BCUT2D eigenvalue weighted by Crippen LogP contribution is 2.21. The molecule has 34 heavy (non-hydrogen) atoms. The van der Waals surface area contributed by atoms with Gasteiger partial charge in [-0.1, -0.05) is 36.2 Å². The van der Waals surface area contributed by atoms with Crippen LogP contribution in [0, 0.1) is 6.92 Å².